The number of nitrogens with zero attached hydrogens (tertiary/aromatic N) is 7. The van der Waals surface area contributed by atoms with E-state index in [-0.39, 0.29) is 106 Å². The van der Waals surface area contributed by atoms with Crippen molar-refractivity contribution in [2.24, 2.45) is 59.2 Å². The number of carbonyl (C=O) groups excluding carboxylic acids is 11. The minimum absolute atomic E-state index is 0.0135. The summed E-state index contributed by atoms with van der Waals surface area (Å²) < 4.78 is 44.1. The minimum atomic E-state index is -4.35. The second kappa shape index (κ2) is 42.3. The molecule has 22 nitrogen and oxygen atoms in total. The Hall–Kier alpha value is -5.66. The third-order valence-corrected chi connectivity index (χ3v) is 18.5. The number of likely N-dealkylation sites (N-methyl/N-ethyl adjacent to an activating group) is 8. The molecule has 0 spiro atoms. The van der Waals surface area contributed by atoms with Crippen LogP contribution in [0.2, 0.25) is 0 Å². The molecule has 0 aromatic rings. The molecule has 96 heavy (non-hydrogen) atoms. The molecule has 0 aliphatic rings. The number of nitrogens with one attached hydrogen (secondary N) is 2. The fourth-order valence-corrected chi connectivity index (χ4v) is 12.1. The highest BCUT2D eigenvalue weighted by Gasteiger charge is 2.46. The zero-order valence-corrected chi connectivity index (χ0v) is 63.2. The first kappa shape index (κ1) is 90.3. The molecular weight excluding hydrogens is 1240 g/mol. The number of halogens is 3. The van der Waals surface area contributed by atoms with E-state index < -0.39 is 150 Å². The highest BCUT2D eigenvalue weighted by Crippen LogP contribution is 2.29. The Labute approximate surface area is 573 Å². The van der Waals surface area contributed by atoms with Crippen molar-refractivity contribution in [1.82, 2.24) is 44.9 Å². The van der Waals surface area contributed by atoms with Gasteiger partial charge in [0.25, 0.3) is 0 Å². The number of alkyl halides is 3. The largest absolute Gasteiger partial charge is 0.401 e. The van der Waals surface area contributed by atoms with Crippen LogP contribution in [0.1, 0.15) is 176 Å². The zero-order chi connectivity index (χ0) is 74.9. The molecule has 0 aromatic heterocycles. The summed E-state index contributed by atoms with van der Waals surface area (Å²) in [6.07, 6.45) is -1.89. The highest BCUT2D eigenvalue weighted by molar-refractivity contribution is 5.99. The number of carbonyl (C=O) groups is 11. The number of ketones is 4. The molecule has 0 saturated heterocycles. The van der Waals surface area contributed by atoms with E-state index in [1.807, 2.05) is 47.6 Å². The SMILES string of the molecule is C/C=C/C[C@@H](C)[C@@H](O)C(C(=O)N[C@@H](CC)C(=O)N(C)[C@H](C)C(C)=O)N(C)C(=O)[C@H](C(C)C)N(C)C(=O)[C@H](CC(C)C)N(C)C(=O)[C@H](CC(C)C)N(C)C(=O)[C@@H](C)CC(=O)[C@H](C)CC(=O)[C@H](CC(C)C)N(C)C(=O)[C@@H](CC(=O)[C@@H](NC)[C@H](C)COCCN(C)CC(F)(F)F)C(C)C. The van der Waals surface area contributed by atoms with Crippen molar-refractivity contribution in [1.29, 1.82) is 0 Å². The fourth-order valence-electron chi connectivity index (χ4n) is 12.1. The predicted molar refractivity (Wildman–Crippen MR) is 368 cm³/mol. The van der Waals surface area contributed by atoms with Crippen LogP contribution in [-0.2, 0) is 57.5 Å². The lowest BCUT2D eigenvalue weighted by Gasteiger charge is -2.41. The van der Waals surface area contributed by atoms with Crippen molar-refractivity contribution in [3.8, 4) is 0 Å². The fraction of sp³-hybridized carbons (Fsp3) is 0.817. The molecule has 25 heteroatoms. The van der Waals surface area contributed by atoms with Gasteiger partial charge in [-0.3, -0.25) is 57.6 Å². The number of ether oxygens (including phenoxy) is 1. The molecule has 0 saturated carbocycles. The molecule has 7 amide bonds. The molecule has 0 heterocycles. The van der Waals surface area contributed by atoms with Gasteiger partial charge >= 0.3 is 6.18 Å². The molecule has 1 unspecified atom stereocenters. The van der Waals surface area contributed by atoms with Crippen LogP contribution < -0.4 is 10.6 Å². The Morgan fingerprint density at radius 2 is 1.01 bits per heavy atom. The Kier molecular flexibility index (Phi) is 39.8. The van der Waals surface area contributed by atoms with Crippen LogP contribution in [0, 0.1) is 59.2 Å². The number of hydrogen-bond donors (Lipinski definition) is 3. The molecule has 0 aliphatic carbocycles. The van der Waals surface area contributed by atoms with Crippen molar-refractivity contribution < 1.29 is 75.8 Å². The van der Waals surface area contributed by atoms with Crippen LogP contribution >= 0.6 is 0 Å². The van der Waals surface area contributed by atoms with Gasteiger partial charge in [-0.25, -0.2) is 0 Å². The summed E-state index contributed by atoms with van der Waals surface area (Å²) in [6, 6.07) is -8.69. The van der Waals surface area contributed by atoms with Crippen LogP contribution in [0.15, 0.2) is 12.2 Å². The lowest BCUT2D eigenvalue weighted by Crippen LogP contribution is -2.63. The maximum absolute atomic E-state index is 15.1. The van der Waals surface area contributed by atoms with E-state index in [0.717, 1.165) is 9.80 Å². The summed E-state index contributed by atoms with van der Waals surface area (Å²) in [5.41, 5.74) is 0. The summed E-state index contributed by atoms with van der Waals surface area (Å²) in [6.45, 7) is 30.4. The Morgan fingerprint density at radius 3 is 1.46 bits per heavy atom. The van der Waals surface area contributed by atoms with Crippen LogP contribution in [0.3, 0.4) is 0 Å². The van der Waals surface area contributed by atoms with Gasteiger partial charge in [0.1, 0.15) is 36.0 Å². The topological polar surface area (TPSA) is 264 Å². The van der Waals surface area contributed by atoms with E-state index in [1.54, 1.807) is 89.3 Å². The van der Waals surface area contributed by atoms with E-state index in [4.69, 9.17) is 4.74 Å². The smallest absolute Gasteiger partial charge is 0.390 e. The first-order valence-electron chi connectivity index (χ1n) is 34.5. The van der Waals surface area contributed by atoms with Crippen molar-refractivity contribution in [3.05, 3.63) is 12.2 Å². The van der Waals surface area contributed by atoms with Gasteiger partial charge < -0.3 is 49.9 Å². The highest BCUT2D eigenvalue weighted by atomic mass is 19.4. The molecule has 0 bridgehead atoms. The Bertz CT molecular complexity index is 2570. The second-order valence-electron chi connectivity index (χ2n) is 29.1. The van der Waals surface area contributed by atoms with E-state index in [9.17, 15) is 56.6 Å². The number of amides is 7. The van der Waals surface area contributed by atoms with E-state index in [2.05, 4.69) is 10.6 Å². The monoisotopic (exact) mass is 1370 g/mol. The molecule has 0 fully saturated rings. The van der Waals surface area contributed by atoms with Crippen molar-refractivity contribution in [2.75, 3.05) is 82.7 Å². The van der Waals surface area contributed by atoms with Gasteiger partial charge in [-0.2, -0.15) is 13.2 Å². The molecule has 0 aliphatic heterocycles. The number of hydrogen-bond acceptors (Lipinski definition) is 15. The minimum Gasteiger partial charge on any atom is -0.390 e. The van der Waals surface area contributed by atoms with Crippen LogP contribution in [-0.4, -0.2) is 247 Å². The second-order valence-corrected chi connectivity index (χ2v) is 29.1. The number of aliphatic hydroxyl groups is 1. The maximum atomic E-state index is 15.1. The summed E-state index contributed by atoms with van der Waals surface area (Å²) in [5, 5.41) is 17.7. The van der Waals surface area contributed by atoms with Crippen molar-refractivity contribution in [3.63, 3.8) is 0 Å². The molecular formula is C71H126F3N9O13. The van der Waals surface area contributed by atoms with Gasteiger partial charge in [-0.15, -0.1) is 0 Å². The molecule has 0 aromatic carbocycles. The average molecular weight is 1370 g/mol. The number of aliphatic hydroxyl groups excluding tert-OH is 1. The van der Waals surface area contributed by atoms with E-state index in [1.165, 1.54) is 80.8 Å². The quantitative estimate of drug-likeness (QED) is 0.0397. The molecule has 3 N–H and O–H groups in total. The van der Waals surface area contributed by atoms with E-state index in [0.29, 0.717) is 6.42 Å². The number of rotatable bonds is 45. The summed E-state index contributed by atoms with van der Waals surface area (Å²) in [4.78, 5) is 166. The van der Waals surface area contributed by atoms with Gasteiger partial charge in [0.2, 0.25) is 41.4 Å². The number of Topliss-reactive ketones (excluding diaryl/α,β-unsaturated/α-hetero) is 4. The standard InChI is InChI=1S/C71H126F3N9O13/c1-27-29-30-46(13)63(88)62(64(89)76-53(28-2)67(92)78(21)50(17)51(18)84)83(26)70(95)61(45(11)12)82(25)69(94)56(35-43(7)8)81(24)68(93)55(34-42(5)6)80(23)65(90)48(15)37-57(85)47(14)36-58(86)54(33-41(3)4)79(22)66(91)52(44(9)10)38-59(87)60(75-19)49(16)39-96-32-31-77(20)40-71(72,73)74/h27,29,41-50,52-56,60-63,75,88H,28,30-40H2,1-26H3,(H,76,89)/b29-27+/t46-,47-,48+,49-,50-,52+,53+,54+,55+,56+,60+,61+,62?,63-/m1/s1. The van der Waals surface area contributed by atoms with E-state index >= 15 is 14.4 Å². The van der Waals surface area contributed by atoms with Gasteiger partial charge in [0.05, 0.1) is 44.0 Å². The maximum Gasteiger partial charge on any atom is 0.401 e. The molecule has 0 radical (unpaired) electrons. The first-order chi connectivity index (χ1) is 44.2. The summed E-state index contributed by atoms with van der Waals surface area (Å²) in [7, 11) is 11.6. The number of allylic oxidation sites excluding steroid dienone is 2. The average Bonchev–Trinajstić information content (AvgIpc) is 0.818. The van der Waals surface area contributed by atoms with Gasteiger partial charge in [-0.1, -0.05) is 116 Å². The van der Waals surface area contributed by atoms with Gasteiger partial charge in [-0.05, 0) is 102 Å². The molecule has 0 rings (SSSR count). The molecule has 554 valence electrons. The Morgan fingerprint density at radius 1 is 0.542 bits per heavy atom. The first-order valence-corrected chi connectivity index (χ1v) is 34.5. The van der Waals surface area contributed by atoms with Crippen molar-refractivity contribution >= 4 is 64.5 Å². The lowest BCUT2D eigenvalue weighted by atomic mass is 9.84. The Balaban J connectivity index is 6.86. The van der Waals surface area contributed by atoms with Gasteiger partial charge in [0.15, 0.2) is 17.3 Å². The van der Waals surface area contributed by atoms with Crippen molar-refractivity contribution in [2.45, 2.75) is 237 Å². The molecule has 14 atom stereocenters. The predicted octanol–water partition coefficient (Wildman–Crippen LogP) is 7.37. The van der Waals surface area contributed by atoms with Gasteiger partial charge in [0, 0.05) is 91.8 Å². The third-order valence-electron chi connectivity index (χ3n) is 18.5. The lowest BCUT2D eigenvalue weighted by molar-refractivity contribution is -0.157. The van der Waals surface area contributed by atoms with Crippen LogP contribution in [0.25, 0.3) is 0 Å². The zero-order valence-electron chi connectivity index (χ0n) is 63.2. The normalized spacial score (nSPS) is 16.6. The van der Waals surface area contributed by atoms with Crippen LogP contribution in [0.5, 0.6) is 0 Å². The summed E-state index contributed by atoms with van der Waals surface area (Å²) >= 11 is 0. The van der Waals surface area contributed by atoms with Crippen LogP contribution in [0.4, 0.5) is 13.2 Å². The summed E-state index contributed by atoms with van der Waals surface area (Å²) in [5.74, 6) is -10.5. The third kappa shape index (κ3) is 28.3.